The molecule has 0 unspecified atom stereocenters. The number of carbonyl (C=O) groups excluding carboxylic acids is 2. The normalized spacial score (nSPS) is 11.5. The van der Waals surface area contributed by atoms with Crippen LogP contribution in [0.15, 0.2) is 89.7 Å². The van der Waals surface area contributed by atoms with Gasteiger partial charge in [-0.2, -0.15) is 0 Å². The Morgan fingerprint density at radius 2 is 1.96 bits per heavy atom. The Labute approximate surface area is 165 Å². The standard InChI is InChI=1S/C21H17N3O3S/c1-2-7-15(11-12-22)20(26)24-21-23-17(16-10-6-13-27-16)19(28-21)18(25)14-8-4-3-5-9-14/h2-13H,1,22H2,(H,23,24,26)/b12-11-,15-7+. The Bertz CT molecular complexity index is 1050. The fraction of sp³-hybridized carbons (Fsp3) is 0. The zero-order chi connectivity index (χ0) is 19.9. The van der Waals surface area contributed by atoms with Gasteiger partial charge in [-0.3, -0.25) is 14.9 Å². The third kappa shape index (κ3) is 4.16. The zero-order valence-corrected chi connectivity index (χ0v) is 15.6. The number of aromatic nitrogens is 1. The molecule has 2 aromatic heterocycles. The number of hydrogen-bond donors (Lipinski definition) is 2. The summed E-state index contributed by atoms with van der Waals surface area (Å²) in [5, 5.41) is 2.97. The predicted molar refractivity (Wildman–Crippen MR) is 110 cm³/mol. The third-order valence-corrected chi connectivity index (χ3v) is 4.65. The van der Waals surface area contributed by atoms with Gasteiger partial charge >= 0.3 is 0 Å². The van der Waals surface area contributed by atoms with Crippen LogP contribution in [-0.2, 0) is 4.79 Å². The number of benzene rings is 1. The van der Waals surface area contributed by atoms with Gasteiger partial charge in [-0.25, -0.2) is 4.98 Å². The van der Waals surface area contributed by atoms with Crippen molar-refractivity contribution in [2.45, 2.75) is 0 Å². The van der Waals surface area contributed by atoms with E-state index in [2.05, 4.69) is 16.9 Å². The van der Waals surface area contributed by atoms with Gasteiger partial charge in [-0.15, -0.1) is 0 Å². The van der Waals surface area contributed by atoms with Crippen LogP contribution in [0.1, 0.15) is 15.2 Å². The van der Waals surface area contributed by atoms with Gasteiger partial charge in [-0.05, 0) is 30.5 Å². The Kier molecular flexibility index (Phi) is 5.98. The van der Waals surface area contributed by atoms with Gasteiger partial charge in [0.2, 0.25) is 5.78 Å². The van der Waals surface area contributed by atoms with Gasteiger partial charge in [0, 0.05) is 11.1 Å². The van der Waals surface area contributed by atoms with Crippen LogP contribution in [0, 0.1) is 0 Å². The number of ketones is 1. The lowest BCUT2D eigenvalue weighted by molar-refractivity contribution is -0.112. The summed E-state index contributed by atoms with van der Waals surface area (Å²) in [4.78, 5) is 30.2. The molecular formula is C21H17N3O3S. The van der Waals surface area contributed by atoms with Gasteiger partial charge in [0.05, 0.1) is 6.26 Å². The molecule has 3 rings (SSSR count). The summed E-state index contributed by atoms with van der Waals surface area (Å²) in [7, 11) is 0. The van der Waals surface area contributed by atoms with E-state index in [0.29, 0.717) is 27.5 Å². The molecule has 0 bridgehead atoms. The Morgan fingerprint density at radius 1 is 1.18 bits per heavy atom. The summed E-state index contributed by atoms with van der Waals surface area (Å²) >= 11 is 1.08. The number of anilines is 1. The largest absolute Gasteiger partial charge is 0.463 e. The van der Waals surface area contributed by atoms with Crippen LogP contribution >= 0.6 is 11.3 Å². The van der Waals surface area contributed by atoms with E-state index in [9.17, 15) is 9.59 Å². The fourth-order valence-corrected chi connectivity index (χ4v) is 3.36. The summed E-state index contributed by atoms with van der Waals surface area (Å²) < 4.78 is 5.42. The maximum Gasteiger partial charge on any atom is 0.257 e. The summed E-state index contributed by atoms with van der Waals surface area (Å²) in [6.07, 6.45) is 7.22. The first-order valence-electron chi connectivity index (χ1n) is 8.31. The van der Waals surface area contributed by atoms with Crippen molar-refractivity contribution in [2.75, 3.05) is 5.32 Å². The Hall–Kier alpha value is -3.71. The van der Waals surface area contributed by atoms with Crippen LogP contribution in [0.3, 0.4) is 0 Å². The van der Waals surface area contributed by atoms with Crippen molar-refractivity contribution in [1.82, 2.24) is 4.98 Å². The number of allylic oxidation sites excluding steroid dienone is 2. The summed E-state index contributed by atoms with van der Waals surface area (Å²) in [6.45, 7) is 3.58. The van der Waals surface area contributed by atoms with E-state index >= 15 is 0 Å². The topological polar surface area (TPSA) is 98.2 Å². The van der Waals surface area contributed by atoms with Crippen molar-refractivity contribution in [1.29, 1.82) is 0 Å². The van der Waals surface area contributed by atoms with Crippen molar-refractivity contribution in [3.8, 4) is 11.5 Å². The molecular weight excluding hydrogens is 374 g/mol. The molecule has 0 aliphatic carbocycles. The first-order chi connectivity index (χ1) is 13.6. The molecule has 3 N–H and O–H groups in total. The summed E-state index contributed by atoms with van der Waals surface area (Å²) in [6, 6.07) is 12.3. The van der Waals surface area contributed by atoms with E-state index in [4.69, 9.17) is 10.2 Å². The molecule has 3 aromatic rings. The molecule has 2 heterocycles. The minimum absolute atomic E-state index is 0.200. The smallest absolute Gasteiger partial charge is 0.257 e. The highest BCUT2D eigenvalue weighted by Gasteiger charge is 2.23. The highest BCUT2D eigenvalue weighted by molar-refractivity contribution is 7.18. The minimum Gasteiger partial charge on any atom is -0.463 e. The van der Waals surface area contributed by atoms with Crippen molar-refractivity contribution >= 4 is 28.2 Å². The lowest BCUT2D eigenvalue weighted by Gasteiger charge is -2.01. The van der Waals surface area contributed by atoms with E-state index in [1.54, 1.807) is 36.4 Å². The predicted octanol–water partition coefficient (Wildman–Crippen LogP) is 4.16. The van der Waals surface area contributed by atoms with Gasteiger partial charge in [0.25, 0.3) is 5.91 Å². The number of nitrogens with one attached hydrogen (secondary N) is 1. The third-order valence-electron chi connectivity index (χ3n) is 3.68. The summed E-state index contributed by atoms with van der Waals surface area (Å²) in [5.74, 6) is -0.173. The average molecular weight is 391 g/mol. The van der Waals surface area contributed by atoms with E-state index in [1.165, 1.54) is 30.7 Å². The number of thiazole rings is 1. The Balaban J connectivity index is 1.98. The highest BCUT2D eigenvalue weighted by Crippen LogP contribution is 2.33. The quantitative estimate of drug-likeness (QED) is 0.358. The van der Waals surface area contributed by atoms with Crippen molar-refractivity contribution in [2.24, 2.45) is 5.73 Å². The van der Waals surface area contributed by atoms with Gasteiger partial charge in [0.1, 0.15) is 10.6 Å². The molecule has 0 aliphatic rings. The molecule has 28 heavy (non-hydrogen) atoms. The van der Waals surface area contributed by atoms with E-state index < -0.39 is 5.91 Å². The monoisotopic (exact) mass is 391 g/mol. The molecule has 140 valence electrons. The maximum atomic E-state index is 13.0. The van der Waals surface area contributed by atoms with Gasteiger partial charge in [0.15, 0.2) is 10.9 Å². The van der Waals surface area contributed by atoms with Crippen molar-refractivity contribution < 1.29 is 14.0 Å². The molecule has 1 aromatic carbocycles. The fourth-order valence-electron chi connectivity index (χ4n) is 2.44. The number of amides is 1. The second-order valence-electron chi connectivity index (χ2n) is 5.54. The lowest BCUT2D eigenvalue weighted by atomic mass is 10.1. The number of rotatable bonds is 7. The average Bonchev–Trinajstić information content (AvgIpc) is 3.37. The number of nitrogens with two attached hydrogens (primary N) is 1. The van der Waals surface area contributed by atoms with Crippen LogP contribution in [-0.4, -0.2) is 16.7 Å². The highest BCUT2D eigenvalue weighted by atomic mass is 32.1. The number of carbonyl (C=O) groups is 2. The van der Waals surface area contributed by atoms with Crippen LogP contribution < -0.4 is 11.1 Å². The maximum absolute atomic E-state index is 13.0. The van der Waals surface area contributed by atoms with Crippen LogP contribution in [0.25, 0.3) is 11.5 Å². The second kappa shape index (κ2) is 8.79. The van der Waals surface area contributed by atoms with Crippen molar-refractivity contribution in [3.05, 3.63) is 95.7 Å². The molecule has 6 nitrogen and oxygen atoms in total. The molecule has 1 amide bonds. The molecule has 0 atom stereocenters. The van der Waals surface area contributed by atoms with E-state index in [-0.39, 0.29) is 10.9 Å². The van der Waals surface area contributed by atoms with Gasteiger partial charge < -0.3 is 10.2 Å². The SMILES string of the molecule is C=C/C=C(\C=C/N)C(=O)Nc1nc(-c2ccco2)c(C(=O)c2ccccc2)s1. The number of nitrogens with zero attached hydrogens (tertiary/aromatic N) is 1. The first-order valence-corrected chi connectivity index (χ1v) is 9.12. The lowest BCUT2D eigenvalue weighted by Crippen LogP contribution is -2.13. The van der Waals surface area contributed by atoms with Crippen LogP contribution in [0.2, 0.25) is 0 Å². The van der Waals surface area contributed by atoms with E-state index in [1.807, 2.05) is 6.07 Å². The molecule has 0 saturated heterocycles. The molecule has 0 saturated carbocycles. The Morgan fingerprint density at radius 3 is 2.61 bits per heavy atom. The first kappa shape index (κ1) is 19.1. The van der Waals surface area contributed by atoms with E-state index in [0.717, 1.165) is 11.3 Å². The van der Waals surface area contributed by atoms with Crippen LogP contribution in [0.5, 0.6) is 0 Å². The molecule has 0 spiro atoms. The number of furan rings is 1. The molecule has 0 fully saturated rings. The number of hydrogen-bond acceptors (Lipinski definition) is 6. The van der Waals surface area contributed by atoms with Crippen molar-refractivity contribution in [3.63, 3.8) is 0 Å². The molecule has 7 heteroatoms. The molecule has 0 aliphatic heterocycles. The second-order valence-corrected chi connectivity index (χ2v) is 6.54. The minimum atomic E-state index is -0.417. The zero-order valence-electron chi connectivity index (χ0n) is 14.8. The molecule has 0 radical (unpaired) electrons. The van der Waals surface area contributed by atoms with Gasteiger partial charge in [-0.1, -0.05) is 54.3 Å². The summed E-state index contributed by atoms with van der Waals surface area (Å²) in [5.41, 5.74) is 6.59. The van der Waals surface area contributed by atoms with Crippen LogP contribution in [0.4, 0.5) is 5.13 Å².